The number of halogens is 2. The molecule has 3 amide bonds. The van der Waals surface area contributed by atoms with Crippen molar-refractivity contribution in [1.82, 2.24) is 39.8 Å². The molecule has 0 spiro atoms. The van der Waals surface area contributed by atoms with Crippen molar-refractivity contribution in [2.45, 2.75) is 95.7 Å². The van der Waals surface area contributed by atoms with E-state index in [1.807, 2.05) is 28.0 Å². The maximum absolute atomic E-state index is 14.6. The van der Waals surface area contributed by atoms with Gasteiger partial charge in [0.2, 0.25) is 17.7 Å². The fourth-order valence-electron chi connectivity index (χ4n) is 11.0. The van der Waals surface area contributed by atoms with E-state index in [1.54, 1.807) is 37.9 Å². The summed E-state index contributed by atoms with van der Waals surface area (Å²) in [6, 6.07) is 8.42. The van der Waals surface area contributed by atoms with Gasteiger partial charge in [0.05, 0.1) is 16.6 Å². The van der Waals surface area contributed by atoms with Crippen LogP contribution in [0.15, 0.2) is 41.3 Å². The molecule has 0 bridgehead atoms. The number of imidazole rings is 1. The number of alkyl halides is 2. The van der Waals surface area contributed by atoms with E-state index in [2.05, 4.69) is 37.6 Å². The predicted octanol–water partition coefficient (Wildman–Crippen LogP) is 4.64. The standard InChI is InChI=1S/C50H65F2N11O4/c1-32(64)61-26-18-41(40(31-61)48(54)62-21-5-8-35-27-38(36(29-53)30-55-2)39(47(51)52)28-44(35)62)56-37-16-24-60(25-17-37)20-6-19-59-22-14-33(15-23-59)10-11-34-7-4-9-42-46(34)58(3)50(67)63(42)43-12-13-45(65)57-49(43)66/h4,7,9,27-30,33,37,40-41,43,47,53-56H,5-6,8,12-26,31H2,1-3H3,(H,57,65,66)/b36-30+,53-29?,54-48?. The number of hydrogen-bond acceptors (Lipinski definition) is 10. The minimum Gasteiger partial charge on any atom is -0.393 e. The Hall–Kier alpha value is -5.70. The molecule has 8 rings (SSSR count). The van der Waals surface area contributed by atoms with Crippen molar-refractivity contribution in [2.75, 3.05) is 70.9 Å². The van der Waals surface area contributed by atoms with E-state index >= 15 is 0 Å². The third-order valence-electron chi connectivity index (χ3n) is 14.7. The number of nitrogens with zero attached hydrogens (tertiary/aromatic N) is 6. The summed E-state index contributed by atoms with van der Waals surface area (Å²) < 4.78 is 32.2. The van der Waals surface area contributed by atoms with Crippen molar-refractivity contribution in [3.63, 3.8) is 0 Å². The molecule has 2 aromatic carbocycles. The minimum absolute atomic E-state index is 0.0241. The molecule has 6 heterocycles. The first-order valence-electron chi connectivity index (χ1n) is 24.1. The van der Waals surface area contributed by atoms with E-state index < -0.39 is 18.4 Å². The van der Waals surface area contributed by atoms with Crippen LogP contribution in [0.25, 0.3) is 16.6 Å². The van der Waals surface area contributed by atoms with Gasteiger partial charge in [-0.25, -0.2) is 13.6 Å². The van der Waals surface area contributed by atoms with Gasteiger partial charge < -0.3 is 35.6 Å². The molecule has 1 aromatic heterocycles. The molecule has 67 heavy (non-hydrogen) atoms. The molecular formula is C50H65F2N11O4. The maximum atomic E-state index is 14.6. The Balaban J connectivity index is 0.821. The van der Waals surface area contributed by atoms with Crippen LogP contribution in [0.5, 0.6) is 0 Å². The number of anilines is 1. The van der Waals surface area contributed by atoms with Gasteiger partial charge in [0, 0.05) is 100 Å². The average Bonchev–Trinajstić information content (AvgIpc) is 3.58. The van der Waals surface area contributed by atoms with Gasteiger partial charge in [0.25, 0.3) is 6.43 Å². The molecule has 5 aliphatic heterocycles. The zero-order chi connectivity index (χ0) is 47.4. The zero-order valence-electron chi connectivity index (χ0n) is 39.0. The van der Waals surface area contributed by atoms with E-state index in [0.717, 1.165) is 95.1 Å². The first-order valence-corrected chi connectivity index (χ1v) is 24.1. The fraction of sp³-hybridized carbons (Fsp3) is 0.560. The Kier molecular flexibility index (Phi) is 15.0. The molecule has 5 aliphatic rings. The third kappa shape index (κ3) is 10.4. The van der Waals surface area contributed by atoms with Crippen molar-refractivity contribution in [1.29, 1.82) is 10.8 Å². The number of allylic oxidation sites excluding steroid dienone is 1. The lowest BCUT2D eigenvalue weighted by Gasteiger charge is -2.45. The molecule has 358 valence electrons. The molecule has 3 aromatic rings. The quantitative estimate of drug-likeness (QED) is 0.0751. The highest BCUT2D eigenvalue weighted by Crippen LogP contribution is 2.38. The monoisotopic (exact) mass is 922 g/mol. The van der Waals surface area contributed by atoms with Crippen molar-refractivity contribution in [3.05, 3.63) is 69.3 Å². The summed E-state index contributed by atoms with van der Waals surface area (Å²) in [4.78, 5) is 59.2. The zero-order valence-corrected chi connectivity index (χ0v) is 39.0. The lowest BCUT2D eigenvalue weighted by atomic mass is 9.86. The van der Waals surface area contributed by atoms with Crippen LogP contribution in [0.4, 0.5) is 14.5 Å². The molecule has 3 atom stereocenters. The number of amides is 3. The summed E-state index contributed by atoms with van der Waals surface area (Å²) >= 11 is 0. The average molecular weight is 922 g/mol. The summed E-state index contributed by atoms with van der Waals surface area (Å²) in [5.41, 5.74) is 3.84. The molecule has 17 heteroatoms. The van der Waals surface area contributed by atoms with Crippen LogP contribution in [-0.2, 0) is 27.9 Å². The largest absolute Gasteiger partial charge is 0.393 e. The number of carbonyl (C=O) groups excluding carboxylic acids is 3. The molecular weight excluding hydrogens is 857 g/mol. The van der Waals surface area contributed by atoms with E-state index in [1.165, 1.54) is 10.6 Å². The Bertz CT molecular complexity index is 2520. The molecule has 4 saturated heterocycles. The van der Waals surface area contributed by atoms with Crippen molar-refractivity contribution in [2.24, 2.45) is 18.9 Å². The van der Waals surface area contributed by atoms with Crippen LogP contribution in [-0.4, -0.2) is 132 Å². The molecule has 4 fully saturated rings. The SMILES string of the molecule is CN/C=C(\C=N)c1cc2c(cc1C(F)F)N(C(=N)C1CN(C(C)=O)CCC1NC1CCN(CCCN3CCC(C#Cc4cccc5c4n(C)c(=O)n5C4CCC(=O)NC4=O)CC3)CC1)CCC2. The van der Waals surface area contributed by atoms with Crippen LogP contribution in [0, 0.1) is 34.5 Å². The minimum atomic E-state index is -2.75. The highest BCUT2D eigenvalue weighted by atomic mass is 19.3. The van der Waals surface area contributed by atoms with Crippen LogP contribution >= 0.6 is 0 Å². The normalized spacial score (nSPS) is 22.7. The van der Waals surface area contributed by atoms with Gasteiger partial charge in [-0.1, -0.05) is 17.9 Å². The molecule has 0 aliphatic carbocycles. The third-order valence-corrected chi connectivity index (χ3v) is 14.7. The summed E-state index contributed by atoms with van der Waals surface area (Å²) in [6.07, 6.45) is 7.55. The Morgan fingerprint density at radius 3 is 2.37 bits per heavy atom. The molecule has 3 unspecified atom stereocenters. The number of aryl methyl sites for hydroxylation is 2. The number of piperidine rings is 4. The number of imide groups is 1. The Morgan fingerprint density at radius 1 is 0.970 bits per heavy atom. The second kappa shape index (κ2) is 21.1. The van der Waals surface area contributed by atoms with E-state index in [-0.39, 0.29) is 59.8 Å². The summed E-state index contributed by atoms with van der Waals surface area (Å²) in [6.45, 7) is 9.12. The van der Waals surface area contributed by atoms with E-state index in [4.69, 9.17) is 5.41 Å². The second-order valence-corrected chi connectivity index (χ2v) is 18.9. The van der Waals surface area contributed by atoms with Crippen molar-refractivity contribution < 1.29 is 23.2 Å². The summed E-state index contributed by atoms with van der Waals surface area (Å²) in [5.74, 6) is 6.38. The van der Waals surface area contributed by atoms with Gasteiger partial charge >= 0.3 is 5.69 Å². The first kappa shape index (κ1) is 47.8. The number of amidine groups is 1. The molecule has 0 radical (unpaired) electrons. The number of benzene rings is 2. The summed E-state index contributed by atoms with van der Waals surface area (Å²) in [7, 11) is 3.38. The van der Waals surface area contributed by atoms with E-state index in [9.17, 15) is 33.4 Å². The number of hydrogen-bond donors (Lipinski definition) is 5. The fourth-order valence-corrected chi connectivity index (χ4v) is 11.0. The van der Waals surface area contributed by atoms with Crippen molar-refractivity contribution >= 4 is 52.1 Å². The van der Waals surface area contributed by atoms with Crippen LogP contribution in [0.2, 0.25) is 0 Å². The summed E-state index contributed by atoms with van der Waals surface area (Å²) in [5, 5.41) is 26.6. The maximum Gasteiger partial charge on any atom is 0.329 e. The van der Waals surface area contributed by atoms with E-state index in [0.29, 0.717) is 66.2 Å². The van der Waals surface area contributed by atoms with Crippen LogP contribution in [0.3, 0.4) is 0 Å². The predicted molar refractivity (Wildman–Crippen MR) is 257 cm³/mol. The lowest BCUT2D eigenvalue weighted by molar-refractivity contribution is -0.136. The molecule has 15 nitrogen and oxygen atoms in total. The smallest absolute Gasteiger partial charge is 0.329 e. The van der Waals surface area contributed by atoms with Crippen LogP contribution < -0.4 is 26.5 Å². The number of carbonyl (C=O) groups is 3. The van der Waals surface area contributed by atoms with Gasteiger partial charge in [0.1, 0.15) is 11.9 Å². The highest BCUT2D eigenvalue weighted by molar-refractivity contribution is 6.09. The van der Waals surface area contributed by atoms with Gasteiger partial charge in [-0.3, -0.25) is 34.2 Å². The van der Waals surface area contributed by atoms with Gasteiger partial charge in [-0.05, 0) is 132 Å². The molecule has 5 N–H and O–H groups in total. The first-order chi connectivity index (χ1) is 32.3. The number of likely N-dealkylation sites (tertiary alicyclic amines) is 3. The molecule has 0 saturated carbocycles. The number of para-hydroxylation sites is 1. The van der Waals surface area contributed by atoms with Crippen LogP contribution in [0.1, 0.15) is 99.4 Å². The number of fused-ring (bicyclic) bond motifs is 2. The Labute approximate surface area is 391 Å². The number of rotatable bonds is 12. The topological polar surface area (TPSA) is 175 Å². The second-order valence-electron chi connectivity index (χ2n) is 18.9. The van der Waals surface area contributed by atoms with Gasteiger partial charge in [0.15, 0.2) is 0 Å². The van der Waals surface area contributed by atoms with Gasteiger partial charge in [-0.15, -0.1) is 0 Å². The Morgan fingerprint density at radius 2 is 1.70 bits per heavy atom. The van der Waals surface area contributed by atoms with Crippen molar-refractivity contribution in [3.8, 4) is 11.8 Å². The van der Waals surface area contributed by atoms with Gasteiger partial charge in [-0.2, -0.15) is 0 Å². The number of aromatic nitrogens is 2. The highest BCUT2D eigenvalue weighted by Gasteiger charge is 2.39. The lowest BCUT2D eigenvalue weighted by Crippen LogP contribution is -2.59. The number of nitrogens with one attached hydrogen (secondary N) is 5.